The first-order valence-electron chi connectivity index (χ1n) is 42.0. The first kappa shape index (κ1) is 91.1. The van der Waals surface area contributed by atoms with Crippen molar-refractivity contribution in [2.75, 3.05) is 37.7 Å². The molecular formula is C85H121N11O16S2. The Labute approximate surface area is 679 Å². The van der Waals surface area contributed by atoms with Gasteiger partial charge in [0.2, 0.25) is 11.8 Å². The number of benzene rings is 1. The van der Waals surface area contributed by atoms with E-state index in [2.05, 4.69) is 41.9 Å². The molecule has 1 aromatic carbocycles. The van der Waals surface area contributed by atoms with Crippen molar-refractivity contribution < 1.29 is 76.6 Å². The average molecular weight is 1620 g/mol. The zero-order valence-corrected chi connectivity index (χ0v) is 68.5. The number of nitrogens with zero attached hydrogens (tertiary/aromatic N) is 5. The van der Waals surface area contributed by atoms with E-state index in [0.717, 1.165) is 114 Å². The molecule has 624 valence electrons. The third kappa shape index (κ3) is 30.6. The Kier molecular flexibility index (Phi) is 38.5. The number of ether oxygens (including phenoxy) is 2. The monoisotopic (exact) mass is 1620 g/mol. The maximum absolute atomic E-state index is 14.1. The highest BCUT2D eigenvalue weighted by Crippen LogP contribution is 2.39. The van der Waals surface area contributed by atoms with Gasteiger partial charge in [-0.2, -0.15) is 23.5 Å². The molecule has 0 bridgehead atoms. The predicted molar refractivity (Wildman–Crippen MR) is 437 cm³/mol. The zero-order chi connectivity index (χ0) is 81.7. The predicted octanol–water partition coefficient (Wildman–Crippen LogP) is 13.3. The van der Waals surface area contributed by atoms with Gasteiger partial charge in [-0.1, -0.05) is 113 Å². The highest BCUT2D eigenvalue weighted by atomic mass is 32.2. The number of urea groups is 2. The van der Waals surface area contributed by atoms with E-state index in [-0.39, 0.29) is 126 Å². The average Bonchev–Trinajstić information content (AvgIpc) is 1.69. The van der Waals surface area contributed by atoms with Crippen LogP contribution in [-0.4, -0.2) is 177 Å². The van der Waals surface area contributed by atoms with Crippen LogP contribution in [0.15, 0.2) is 78.0 Å². The van der Waals surface area contributed by atoms with Crippen LogP contribution in [0.25, 0.3) is 10.4 Å². The van der Waals surface area contributed by atoms with E-state index < -0.39 is 16.7 Å². The molecule has 9 rings (SSSR count). The van der Waals surface area contributed by atoms with Crippen molar-refractivity contribution in [3.05, 3.63) is 88.9 Å². The molecule has 6 heterocycles. The Morgan fingerprint density at radius 2 is 0.991 bits per heavy atom. The molecule has 10 amide bonds. The molecule has 4 saturated heterocycles. The maximum Gasteiger partial charge on any atom is 0.315 e. The highest BCUT2D eigenvalue weighted by Gasteiger charge is 2.44. The van der Waals surface area contributed by atoms with Crippen molar-refractivity contribution >= 4 is 112 Å². The van der Waals surface area contributed by atoms with Gasteiger partial charge in [0.15, 0.2) is 5.78 Å². The Balaban J connectivity index is 0.000000303. The molecule has 8 aliphatic rings. The fourth-order valence-corrected chi connectivity index (χ4v) is 19.2. The lowest BCUT2D eigenvalue weighted by molar-refractivity contribution is -0.148. The van der Waals surface area contributed by atoms with Gasteiger partial charge in [-0.05, 0) is 153 Å². The van der Waals surface area contributed by atoms with E-state index in [1.165, 1.54) is 34.1 Å². The van der Waals surface area contributed by atoms with Gasteiger partial charge in [0, 0.05) is 157 Å². The molecule has 1 aromatic rings. The number of carbonyl (C=O) groups excluding carboxylic acids is 14. The second-order valence-electron chi connectivity index (χ2n) is 32.2. The quantitative estimate of drug-likeness (QED) is 0.00406. The largest absolute Gasteiger partial charge is 0.458 e. The number of ketones is 4. The summed E-state index contributed by atoms with van der Waals surface area (Å²) in [6, 6.07) is 7.13. The number of allylic oxidation sites excluding steroid dienone is 2. The molecule has 2 aliphatic carbocycles. The Morgan fingerprint density at radius 1 is 0.535 bits per heavy atom. The highest BCUT2D eigenvalue weighted by molar-refractivity contribution is 8.00. The molecular weight excluding hydrogens is 1500 g/mol. The summed E-state index contributed by atoms with van der Waals surface area (Å²) in [5, 5.41) is 22.2. The maximum atomic E-state index is 14.1. The lowest BCUT2D eigenvalue weighted by Crippen LogP contribution is -2.37. The van der Waals surface area contributed by atoms with E-state index in [4.69, 9.17) is 15.0 Å². The lowest BCUT2D eigenvalue weighted by atomic mass is 9.73. The number of rotatable bonds is 49. The van der Waals surface area contributed by atoms with Gasteiger partial charge in [0.05, 0.1) is 24.2 Å². The van der Waals surface area contributed by atoms with Crippen LogP contribution in [0.5, 0.6) is 0 Å². The van der Waals surface area contributed by atoms with E-state index in [0.29, 0.717) is 182 Å². The van der Waals surface area contributed by atoms with Crippen molar-refractivity contribution in [1.82, 2.24) is 41.7 Å². The Morgan fingerprint density at radius 3 is 1.53 bits per heavy atom. The molecule has 11 atom stereocenters. The number of azide groups is 1. The van der Waals surface area contributed by atoms with Gasteiger partial charge in [-0.25, -0.2) is 9.59 Å². The van der Waals surface area contributed by atoms with Crippen molar-refractivity contribution in [2.45, 2.75) is 305 Å². The van der Waals surface area contributed by atoms with Crippen LogP contribution < -0.4 is 31.9 Å². The summed E-state index contributed by atoms with van der Waals surface area (Å²) in [5.41, 5.74) is 8.50. The van der Waals surface area contributed by atoms with Crippen LogP contribution in [-0.2, 0) is 62.2 Å². The number of esters is 2. The second kappa shape index (κ2) is 48.2. The fourth-order valence-electron chi connectivity index (χ4n) is 16.1. The number of unbranched alkanes of at least 4 members (excludes halogenated alkanes) is 12. The summed E-state index contributed by atoms with van der Waals surface area (Å²) < 4.78 is 11.5. The third-order valence-corrected chi connectivity index (χ3v) is 26.2. The standard InChI is InChI=1S/C49H68N8O9S.C36H53N3O7S/c1-49(27-11-15-37(16-12-28-49)66-45(63)20-7-2-3-10-31-57-43(61)25-26-44(57)62)41(59)32-35(14-5-4-6-17-39(58)34-21-23-36(24-22-34)55-56-50)47(64)52-30-13-29-51-42(60)19-9-8-18-40-46-38(33-67-40)53-48(65)54-46;1-36(30(41)18-6-4-5-13-26(40)14-8-9-17-29-34-28(25-47-29)37-35(45)38-34)22-11-15-27(16-12-23-36)46-33(44)19-7-2-3-10-24-39-31(42)20-21-32(39)43/h11,15,21-26,35,37-38,40,46H,2-10,12-14,16-20,27-33H2,1H3,(H,51,60)(H,52,64)(H2,53,54,65);11,15,20-21,27-29,34H,2-10,12-14,16-19,22-25H2,1H3,(H2,37,38,45)/b2*15-11+. The summed E-state index contributed by atoms with van der Waals surface area (Å²) in [5.74, 6) is 0.0383. The van der Waals surface area contributed by atoms with Crippen molar-refractivity contribution in [2.24, 2.45) is 21.9 Å². The third-order valence-electron chi connectivity index (χ3n) is 23.2. The number of amides is 10. The number of imide groups is 2. The molecule has 11 unspecified atom stereocenters. The van der Waals surface area contributed by atoms with Crippen LogP contribution in [0.1, 0.15) is 268 Å². The summed E-state index contributed by atoms with van der Waals surface area (Å²) in [6.45, 7) is 5.53. The number of thioether (sulfide) groups is 2. The molecule has 27 nitrogen and oxygen atoms in total. The molecule has 29 heteroatoms. The molecule has 4 fully saturated rings. The fraction of sp³-hybridized carbons (Fsp3) is 0.671. The number of Topliss-reactive ketones (excluding diaryl/α,β-unsaturated/α-hetero) is 4. The van der Waals surface area contributed by atoms with Crippen molar-refractivity contribution in [1.29, 1.82) is 0 Å². The van der Waals surface area contributed by atoms with Gasteiger partial charge in [-0.15, -0.1) is 0 Å². The van der Waals surface area contributed by atoms with E-state index in [9.17, 15) is 67.1 Å². The zero-order valence-electron chi connectivity index (χ0n) is 66.8. The smallest absolute Gasteiger partial charge is 0.315 e. The number of carbonyl (C=O) groups is 14. The molecule has 6 N–H and O–H groups in total. The number of nitrogens with one attached hydrogen (secondary N) is 6. The molecule has 0 spiro atoms. The summed E-state index contributed by atoms with van der Waals surface area (Å²) >= 11 is 3.77. The lowest BCUT2D eigenvalue weighted by Gasteiger charge is -2.31. The van der Waals surface area contributed by atoms with Crippen LogP contribution in [0, 0.1) is 16.7 Å². The van der Waals surface area contributed by atoms with Gasteiger partial charge in [0.25, 0.3) is 23.6 Å². The first-order valence-corrected chi connectivity index (χ1v) is 44.1. The number of fused-ring (bicyclic) bond motifs is 2. The van der Waals surface area contributed by atoms with Crippen LogP contribution in [0.4, 0.5) is 15.3 Å². The van der Waals surface area contributed by atoms with Gasteiger partial charge in [0.1, 0.15) is 29.6 Å². The summed E-state index contributed by atoms with van der Waals surface area (Å²) in [7, 11) is 0. The minimum atomic E-state index is -0.697. The molecule has 0 radical (unpaired) electrons. The Hall–Kier alpha value is -8.43. The van der Waals surface area contributed by atoms with Crippen LogP contribution in [0.2, 0.25) is 0 Å². The molecule has 0 saturated carbocycles. The van der Waals surface area contributed by atoms with Crippen LogP contribution >= 0.6 is 23.5 Å². The molecule has 114 heavy (non-hydrogen) atoms. The number of hydrogen-bond donors (Lipinski definition) is 6. The van der Waals surface area contributed by atoms with E-state index in [1.54, 1.807) is 24.3 Å². The summed E-state index contributed by atoms with van der Waals surface area (Å²) in [6.07, 6.45) is 37.5. The van der Waals surface area contributed by atoms with Gasteiger partial charge < -0.3 is 41.4 Å². The van der Waals surface area contributed by atoms with Gasteiger partial charge in [-0.3, -0.25) is 67.3 Å². The van der Waals surface area contributed by atoms with Gasteiger partial charge >= 0.3 is 24.0 Å². The van der Waals surface area contributed by atoms with E-state index >= 15 is 0 Å². The molecule has 6 aliphatic heterocycles. The van der Waals surface area contributed by atoms with Crippen molar-refractivity contribution in [3.8, 4) is 0 Å². The Bertz CT molecular complexity index is 3640. The van der Waals surface area contributed by atoms with Crippen LogP contribution in [0.3, 0.4) is 0 Å². The minimum absolute atomic E-state index is 0.00472. The topological polar surface area (TPSA) is 385 Å². The second-order valence-corrected chi connectivity index (χ2v) is 34.8. The SMILES string of the molecule is CC1(C(=O)CC(CCCCCC(=O)c2ccc(N=[N+]=[N-])cc2)C(=O)NCCCNC(=O)CCCCC2SCC3NC(=O)NC32)C/C=C/C(OC(=O)CCCCCCN2C(=O)C=CC2=O)CCC1.CC1(C(=O)CCCCCC(=O)CCCCC2SCC3NC(=O)NC32)C/C=C/C(OC(=O)CCCCCCN2C(=O)C=CC2=O)CCC1. The number of hydrogen-bond acceptors (Lipinski definition) is 19. The molecule has 0 aromatic heterocycles. The summed E-state index contributed by atoms with van der Waals surface area (Å²) in [4.78, 5) is 179. The van der Waals surface area contributed by atoms with Crippen molar-refractivity contribution in [3.63, 3.8) is 0 Å². The first-order chi connectivity index (χ1) is 55.0. The van der Waals surface area contributed by atoms with E-state index in [1.807, 2.05) is 61.7 Å². The minimum Gasteiger partial charge on any atom is -0.458 e. The normalized spacial score (nSPS) is 24.9.